The summed E-state index contributed by atoms with van der Waals surface area (Å²) in [6.07, 6.45) is 0. The van der Waals surface area contributed by atoms with Crippen molar-refractivity contribution in [2.24, 2.45) is 0 Å². The third-order valence-corrected chi connectivity index (χ3v) is 4.73. The van der Waals surface area contributed by atoms with Gasteiger partial charge >= 0.3 is 15.6 Å². The van der Waals surface area contributed by atoms with E-state index in [1.54, 1.807) is 61.5 Å². The lowest BCUT2D eigenvalue weighted by atomic mass is 9.97. The first-order valence-electron chi connectivity index (χ1n) is 7.28. The lowest BCUT2D eigenvalue weighted by Crippen LogP contribution is -2.28. The monoisotopic (exact) mass is 366 g/mol. The summed E-state index contributed by atoms with van der Waals surface area (Å²) in [6.45, 7) is 1.78. The van der Waals surface area contributed by atoms with Crippen molar-refractivity contribution in [1.29, 1.82) is 0 Å². The fourth-order valence-electron chi connectivity index (χ4n) is 2.54. The molecule has 0 N–H and O–H groups in total. The van der Waals surface area contributed by atoms with Crippen LogP contribution in [0.2, 0.25) is 0 Å². The van der Waals surface area contributed by atoms with Crippen LogP contribution in [-0.4, -0.2) is 13.9 Å². The summed E-state index contributed by atoms with van der Waals surface area (Å²) < 4.78 is 65.6. The maximum Gasteiger partial charge on any atom is 0.534 e. The van der Waals surface area contributed by atoms with Gasteiger partial charge in [-0.15, -0.1) is 0 Å². The first-order valence-corrected chi connectivity index (χ1v) is 8.69. The highest BCUT2D eigenvalue weighted by Gasteiger charge is 2.48. The lowest BCUT2D eigenvalue weighted by molar-refractivity contribution is -0.0499. The topological polar surface area (TPSA) is 43.4 Å². The SMILES string of the molecule is Cc1ccccc1-c1cc2ccccc2cc1OS(=O)(=O)C(F)(F)F. The van der Waals surface area contributed by atoms with Gasteiger partial charge < -0.3 is 4.18 Å². The van der Waals surface area contributed by atoms with Gasteiger partial charge in [-0.05, 0) is 41.0 Å². The number of benzene rings is 3. The molecular weight excluding hydrogens is 353 g/mol. The Hall–Kier alpha value is -2.54. The molecule has 0 amide bonds. The zero-order chi connectivity index (χ0) is 18.2. The Bertz CT molecular complexity index is 1040. The minimum Gasteiger partial charge on any atom is -0.375 e. The summed E-state index contributed by atoms with van der Waals surface area (Å²) in [6, 6.07) is 16.9. The van der Waals surface area contributed by atoms with Gasteiger partial charge in [-0.3, -0.25) is 0 Å². The second-order valence-corrected chi connectivity index (χ2v) is 7.03. The van der Waals surface area contributed by atoms with Gasteiger partial charge in [0.2, 0.25) is 0 Å². The van der Waals surface area contributed by atoms with Gasteiger partial charge in [0, 0.05) is 5.56 Å². The summed E-state index contributed by atoms with van der Waals surface area (Å²) >= 11 is 0. The van der Waals surface area contributed by atoms with E-state index in [-0.39, 0.29) is 11.3 Å². The van der Waals surface area contributed by atoms with Crippen LogP contribution in [0.5, 0.6) is 5.75 Å². The van der Waals surface area contributed by atoms with Crippen molar-refractivity contribution in [3.05, 3.63) is 66.2 Å². The van der Waals surface area contributed by atoms with Gasteiger partial charge in [-0.25, -0.2) is 0 Å². The highest BCUT2D eigenvalue weighted by Crippen LogP contribution is 2.38. The number of rotatable bonds is 3. The van der Waals surface area contributed by atoms with Crippen molar-refractivity contribution in [3.8, 4) is 16.9 Å². The Kier molecular flexibility index (Phi) is 4.20. The molecule has 0 aliphatic heterocycles. The molecule has 130 valence electrons. The summed E-state index contributed by atoms with van der Waals surface area (Å²) in [5, 5.41) is 1.34. The van der Waals surface area contributed by atoms with Crippen LogP contribution in [0.3, 0.4) is 0 Å². The third-order valence-electron chi connectivity index (χ3n) is 3.77. The average Bonchev–Trinajstić information content (AvgIpc) is 2.53. The molecule has 0 spiro atoms. The molecule has 0 atom stereocenters. The Morgan fingerprint density at radius 1 is 0.840 bits per heavy atom. The molecule has 3 rings (SSSR count). The second-order valence-electron chi connectivity index (χ2n) is 5.49. The molecule has 0 heterocycles. The largest absolute Gasteiger partial charge is 0.534 e. The number of halogens is 3. The van der Waals surface area contributed by atoms with Gasteiger partial charge in [-0.1, -0.05) is 48.5 Å². The van der Waals surface area contributed by atoms with E-state index >= 15 is 0 Å². The number of fused-ring (bicyclic) bond motifs is 1. The van der Waals surface area contributed by atoms with E-state index in [9.17, 15) is 21.6 Å². The molecule has 7 heteroatoms. The van der Waals surface area contributed by atoms with Crippen LogP contribution in [0.15, 0.2) is 60.7 Å². The van der Waals surface area contributed by atoms with E-state index in [1.165, 1.54) is 6.07 Å². The molecule has 0 aliphatic rings. The molecule has 3 aromatic carbocycles. The molecule has 3 aromatic rings. The third kappa shape index (κ3) is 3.32. The van der Waals surface area contributed by atoms with E-state index in [2.05, 4.69) is 4.18 Å². The molecule has 0 fully saturated rings. The quantitative estimate of drug-likeness (QED) is 0.482. The minimum atomic E-state index is -5.76. The fraction of sp³-hybridized carbons (Fsp3) is 0.111. The first kappa shape index (κ1) is 17.3. The summed E-state index contributed by atoms with van der Waals surface area (Å²) in [4.78, 5) is 0. The van der Waals surface area contributed by atoms with Gasteiger partial charge in [-0.2, -0.15) is 21.6 Å². The fourth-order valence-corrected chi connectivity index (χ4v) is 3.01. The number of aryl methyl sites for hydroxylation is 1. The average molecular weight is 366 g/mol. The molecule has 25 heavy (non-hydrogen) atoms. The molecule has 0 aliphatic carbocycles. The number of hydrogen-bond donors (Lipinski definition) is 0. The second kappa shape index (κ2) is 6.07. The van der Waals surface area contributed by atoms with Gasteiger partial charge in [0.05, 0.1) is 0 Å². The number of hydrogen-bond acceptors (Lipinski definition) is 3. The Morgan fingerprint density at radius 3 is 2.00 bits per heavy atom. The zero-order valence-corrected chi connectivity index (χ0v) is 13.9. The predicted octanol–water partition coefficient (Wildman–Crippen LogP) is 5.04. The van der Waals surface area contributed by atoms with Crippen LogP contribution in [0.1, 0.15) is 5.56 Å². The molecule has 0 saturated carbocycles. The first-order chi connectivity index (χ1) is 11.7. The standard InChI is InChI=1S/C18H13F3O3S/c1-12-6-2-5-9-15(12)16-10-13-7-3-4-8-14(13)11-17(16)24-25(22,23)18(19,20)21/h2-11H,1H3. The van der Waals surface area contributed by atoms with Gasteiger partial charge in [0.1, 0.15) is 0 Å². The molecular formula is C18H13F3O3S. The van der Waals surface area contributed by atoms with E-state index in [0.29, 0.717) is 10.9 Å². The van der Waals surface area contributed by atoms with Gasteiger partial charge in [0.25, 0.3) is 0 Å². The molecule has 0 aromatic heterocycles. The Labute approximate surface area is 142 Å². The maximum atomic E-state index is 12.7. The lowest BCUT2D eigenvalue weighted by Gasteiger charge is -2.15. The van der Waals surface area contributed by atoms with E-state index < -0.39 is 15.6 Å². The van der Waals surface area contributed by atoms with Crippen molar-refractivity contribution in [1.82, 2.24) is 0 Å². The van der Waals surface area contributed by atoms with Crippen LogP contribution < -0.4 is 4.18 Å². The highest BCUT2D eigenvalue weighted by atomic mass is 32.2. The normalized spacial score (nSPS) is 12.3. The van der Waals surface area contributed by atoms with Crippen LogP contribution in [0.4, 0.5) is 13.2 Å². The van der Waals surface area contributed by atoms with E-state index in [1.807, 2.05) is 0 Å². The van der Waals surface area contributed by atoms with Crippen LogP contribution in [0.25, 0.3) is 21.9 Å². The minimum absolute atomic E-state index is 0.282. The maximum absolute atomic E-state index is 12.7. The van der Waals surface area contributed by atoms with E-state index in [4.69, 9.17) is 0 Å². The van der Waals surface area contributed by atoms with Crippen LogP contribution in [-0.2, 0) is 10.1 Å². The molecule has 3 nitrogen and oxygen atoms in total. The van der Waals surface area contributed by atoms with Crippen LogP contribution in [0, 0.1) is 6.92 Å². The van der Waals surface area contributed by atoms with Gasteiger partial charge in [0.15, 0.2) is 5.75 Å². The van der Waals surface area contributed by atoms with Crippen molar-refractivity contribution in [2.45, 2.75) is 12.4 Å². The Morgan fingerprint density at radius 2 is 1.40 bits per heavy atom. The molecule has 0 bridgehead atoms. The predicted molar refractivity (Wildman–Crippen MR) is 89.7 cm³/mol. The summed E-state index contributed by atoms with van der Waals surface area (Å²) in [7, 11) is -5.76. The molecule has 0 unspecified atom stereocenters. The Balaban J connectivity index is 2.26. The molecule has 0 saturated heterocycles. The number of alkyl halides is 3. The zero-order valence-electron chi connectivity index (χ0n) is 13.0. The van der Waals surface area contributed by atoms with E-state index in [0.717, 1.165) is 10.9 Å². The smallest absolute Gasteiger partial charge is 0.375 e. The van der Waals surface area contributed by atoms with Crippen molar-refractivity contribution in [2.75, 3.05) is 0 Å². The molecule has 0 radical (unpaired) electrons. The van der Waals surface area contributed by atoms with Crippen LogP contribution >= 0.6 is 0 Å². The van der Waals surface area contributed by atoms with Crippen molar-refractivity contribution < 1.29 is 25.8 Å². The summed E-state index contributed by atoms with van der Waals surface area (Å²) in [5.41, 5.74) is -3.83. The highest BCUT2D eigenvalue weighted by molar-refractivity contribution is 7.88. The van der Waals surface area contributed by atoms with Crippen molar-refractivity contribution in [3.63, 3.8) is 0 Å². The van der Waals surface area contributed by atoms with Crippen molar-refractivity contribution >= 4 is 20.9 Å². The summed E-state index contributed by atoms with van der Waals surface area (Å²) in [5.74, 6) is -0.356.